The number of aliphatic carboxylic acids is 1. The topological polar surface area (TPSA) is 124 Å². The van der Waals surface area contributed by atoms with Gasteiger partial charge < -0.3 is 10.0 Å². The Balaban J connectivity index is 1.59. The van der Waals surface area contributed by atoms with Crippen LogP contribution in [-0.2, 0) is 14.4 Å². The van der Waals surface area contributed by atoms with Gasteiger partial charge in [-0.3, -0.25) is 29.4 Å². The predicted octanol–water partition coefficient (Wildman–Crippen LogP) is 0.307. The number of benzene rings is 1. The lowest BCUT2D eigenvalue weighted by Crippen LogP contribution is -2.54. The second-order valence-corrected chi connectivity index (χ2v) is 7.06. The van der Waals surface area contributed by atoms with Crippen LogP contribution >= 0.6 is 0 Å². The molecule has 2 aliphatic heterocycles. The van der Waals surface area contributed by atoms with Crippen LogP contribution in [0.15, 0.2) is 29.8 Å². The maximum Gasteiger partial charge on any atom is 0.331 e. The average molecular weight is 383 g/mol. The van der Waals surface area contributed by atoms with Crippen LogP contribution in [0.3, 0.4) is 0 Å². The van der Waals surface area contributed by atoms with Crippen molar-refractivity contribution in [3.63, 3.8) is 0 Å². The number of carboxylic acid groups (broad SMARTS) is 1. The molecule has 144 valence electrons. The smallest absolute Gasteiger partial charge is 0.331 e. The quantitative estimate of drug-likeness (QED) is 0.717. The molecule has 0 radical (unpaired) electrons. The molecule has 1 aromatic rings. The Morgan fingerprint density at radius 1 is 1.18 bits per heavy atom. The zero-order valence-electron chi connectivity index (χ0n) is 15.0. The Morgan fingerprint density at radius 2 is 1.86 bits per heavy atom. The first kappa shape index (κ1) is 17.9. The molecular formula is C19H17N3O6. The van der Waals surface area contributed by atoms with Crippen LogP contribution in [0.2, 0.25) is 0 Å². The largest absolute Gasteiger partial charge is 0.478 e. The van der Waals surface area contributed by atoms with Crippen molar-refractivity contribution < 1.29 is 29.1 Å². The Morgan fingerprint density at radius 3 is 2.50 bits per heavy atom. The third-order valence-electron chi connectivity index (χ3n) is 5.43. The molecular weight excluding hydrogens is 366 g/mol. The van der Waals surface area contributed by atoms with E-state index in [0.717, 1.165) is 4.90 Å². The van der Waals surface area contributed by atoms with Crippen LogP contribution in [0, 0.1) is 0 Å². The normalized spacial score (nSPS) is 23.8. The van der Waals surface area contributed by atoms with Crippen LogP contribution in [0.1, 0.15) is 40.0 Å². The highest BCUT2D eigenvalue weighted by molar-refractivity contribution is 6.23. The maximum absolute atomic E-state index is 12.8. The lowest BCUT2D eigenvalue weighted by Gasteiger charge is -2.33. The SMILES string of the molecule is CN(c1ccc2c(c1)C(=O)N(C1CCC(=O)NC1=O)C2=O)[C@H]1C=C(C(=O)O)C1. The fourth-order valence-corrected chi connectivity index (χ4v) is 3.70. The minimum absolute atomic E-state index is 0.0672. The summed E-state index contributed by atoms with van der Waals surface area (Å²) in [5, 5.41) is 11.1. The number of piperidine rings is 1. The van der Waals surface area contributed by atoms with Gasteiger partial charge in [0.25, 0.3) is 11.8 Å². The molecule has 2 heterocycles. The van der Waals surface area contributed by atoms with E-state index >= 15 is 0 Å². The van der Waals surface area contributed by atoms with Gasteiger partial charge in [0.1, 0.15) is 6.04 Å². The summed E-state index contributed by atoms with van der Waals surface area (Å²) in [6.07, 6.45) is 2.20. The summed E-state index contributed by atoms with van der Waals surface area (Å²) < 4.78 is 0. The summed E-state index contributed by atoms with van der Waals surface area (Å²) in [4.78, 5) is 62.6. The van der Waals surface area contributed by atoms with Crippen molar-refractivity contribution in [1.29, 1.82) is 0 Å². The number of fused-ring (bicyclic) bond motifs is 1. The van der Waals surface area contributed by atoms with E-state index in [1.807, 2.05) is 4.90 Å². The van der Waals surface area contributed by atoms with Crippen molar-refractivity contribution in [2.24, 2.45) is 0 Å². The molecule has 1 saturated heterocycles. The lowest BCUT2D eigenvalue weighted by molar-refractivity contribution is -0.136. The summed E-state index contributed by atoms with van der Waals surface area (Å²) >= 11 is 0. The number of nitrogens with zero attached hydrogens (tertiary/aromatic N) is 2. The van der Waals surface area contributed by atoms with Crippen molar-refractivity contribution >= 4 is 35.3 Å². The number of likely N-dealkylation sites (N-methyl/N-ethyl adjacent to an activating group) is 1. The van der Waals surface area contributed by atoms with Gasteiger partial charge in [0.15, 0.2) is 0 Å². The molecule has 9 nitrogen and oxygen atoms in total. The zero-order chi connectivity index (χ0) is 20.2. The van der Waals surface area contributed by atoms with Crippen LogP contribution in [-0.4, -0.2) is 58.7 Å². The van der Waals surface area contributed by atoms with Crippen molar-refractivity contribution in [1.82, 2.24) is 10.2 Å². The number of carbonyl (C=O) groups excluding carboxylic acids is 4. The van der Waals surface area contributed by atoms with Gasteiger partial charge >= 0.3 is 5.97 Å². The molecule has 1 unspecified atom stereocenters. The van der Waals surface area contributed by atoms with E-state index in [0.29, 0.717) is 17.7 Å². The maximum atomic E-state index is 12.8. The molecule has 3 aliphatic rings. The summed E-state index contributed by atoms with van der Waals surface area (Å²) in [5.74, 6) is -3.14. The van der Waals surface area contributed by atoms with Gasteiger partial charge in [-0.1, -0.05) is 6.08 Å². The first-order valence-corrected chi connectivity index (χ1v) is 8.80. The third kappa shape index (κ3) is 2.67. The molecule has 4 rings (SSSR count). The minimum atomic E-state index is -1.00. The molecule has 0 bridgehead atoms. The standard InChI is InChI=1S/C19H17N3O6/c1-21(11-6-9(7-11)19(27)28)10-2-3-12-13(8-10)18(26)22(17(12)25)14-4-5-15(23)20-16(14)24/h2-3,6,8,11,14H,4-5,7H2,1H3,(H,27,28)(H,20,23,24)/t11-,14?/m0/s1. The van der Waals surface area contributed by atoms with Gasteiger partial charge in [-0.15, -0.1) is 0 Å². The van der Waals surface area contributed by atoms with E-state index in [1.165, 1.54) is 6.07 Å². The van der Waals surface area contributed by atoms with E-state index in [1.54, 1.807) is 25.3 Å². The lowest BCUT2D eigenvalue weighted by atomic mass is 9.91. The summed E-state index contributed by atoms with van der Waals surface area (Å²) in [6.45, 7) is 0. The molecule has 2 N–H and O–H groups in total. The van der Waals surface area contributed by atoms with E-state index in [2.05, 4.69) is 5.32 Å². The van der Waals surface area contributed by atoms with Crippen LogP contribution in [0.4, 0.5) is 5.69 Å². The number of imide groups is 2. The number of nitrogens with one attached hydrogen (secondary N) is 1. The Labute approximate surface area is 159 Å². The van der Waals surface area contributed by atoms with Gasteiger partial charge in [-0.2, -0.15) is 0 Å². The highest BCUT2D eigenvalue weighted by Crippen LogP contribution is 2.33. The van der Waals surface area contributed by atoms with E-state index in [-0.39, 0.29) is 30.0 Å². The van der Waals surface area contributed by atoms with E-state index in [9.17, 15) is 24.0 Å². The minimum Gasteiger partial charge on any atom is -0.478 e. The van der Waals surface area contributed by atoms with E-state index < -0.39 is 35.6 Å². The average Bonchev–Trinajstić information content (AvgIpc) is 2.84. The molecule has 0 aromatic heterocycles. The fraction of sp³-hybridized carbons (Fsp3) is 0.316. The molecule has 9 heteroatoms. The van der Waals surface area contributed by atoms with Crippen LogP contribution in [0.25, 0.3) is 0 Å². The fourth-order valence-electron chi connectivity index (χ4n) is 3.70. The second kappa shape index (κ2) is 6.29. The number of hydrogen-bond donors (Lipinski definition) is 2. The molecule has 4 amide bonds. The summed E-state index contributed by atoms with van der Waals surface area (Å²) in [6, 6.07) is 3.69. The molecule has 1 fully saturated rings. The summed E-state index contributed by atoms with van der Waals surface area (Å²) in [5.41, 5.74) is 1.41. The second-order valence-electron chi connectivity index (χ2n) is 7.06. The highest BCUT2D eigenvalue weighted by Gasteiger charge is 2.44. The van der Waals surface area contributed by atoms with Crippen molar-refractivity contribution in [3.05, 3.63) is 41.0 Å². The zero-order valence-corrected chi connectivity index (χ0v) is 15.0. The van der Waals surface area contributed by atoms with Crippen LogP contribution in [0.5, 0.6) is 0 Å². The summed E-state index contributed by atoms with van der Waals surface area (Å²) in [7, 11) is 1.78. The highest BCUT2D eigenvalue weighted by atomic mass is 16.4. The first-order valence-electron chi connectivity index (χ1n) is 8.80. The molecule has 0 spiro atoms. The number of rotatable bonds is 4. The van der Waals surface area contributed by atoms with Crippen LogP contribution < -0.4 is 10.2 Å². The number of hydrogen-bond acceptors (Lipinski definition) is 6. The van der Waals surface area contributed by atoms with Gasteiger partial charge in [-0.25, -0.2) is 4.79 Å². The molecule has 1 aliphatic carbocycles. The Kier molecular flexibility index (Phi) is 4.02. The number of anilines is 1. The Bertz CT molecular complexity index is 982. The van der Waals surface area contributed by atoms with Gasteiger partial charge in [0.2, 0.25) is 11.8 Å². The number of amides is 4. The molecule has 2 atom stereocenters. The van der Waals surface area contributed by atoms with Gasteiger partial charge in [0, 0.05) is 31.1 Å². The van der Waals surface area contributed by atoms with E-state index in [4.69, 9.17) is 5.11 Å². The first-order chi connectivity index (χ1) is 13.3. The Hall–Kier alpha value is -3.49. The monoisotopic (exact) mass is 383 g/mol. The molecule has 0 saturated carbocycles. The van der Waals surface area contributed by atoms with Crippen molar-refractivity contribution in [2.75, 3.05) is 11.9 Å². The van der Waals surface area contributed by atoms with Crippen molar-refractivity contribution in [3.8, 4) is 0 Å². The molecule has 1 aromatic carbocycles. The van der Waals surface area contributed by atoms with Crippen molar-refractivity contribution in [2.45, 2.75) is 31.3 Å². The third-order valence-corrected chi connectivity index (χ3v) is 5.43. The predicted molar refractivity (Wildman–Crippen MR) is 95.6 cm³/mol. The number of carboxylic acids is 1. The number of carbonyl (C=O) groups is 5. The molecule has 28 heavy (non-hydrogen) atoms. The van der Waals surface area contributed by atoms with Gasteiger partial charge in [0.05, 0.1) is 17.2 Å². The van der Waals surface area contributed by atoms with Gasteiger partial charge in [-0.05, 0) is 24.6 Å².